The molecular weight excluding hydrogens is 548 g/mol. The number of nitrogens with one attached hydrogen (secondary N) is 1. The summed E-state index contributed by atoms with van der Waals surface area (Å²) in [7, 11) is 0. The first kappa shape index (κ1) is 28.3. The molecule has 3 aromatic rings. The van der Waals surface area contributed by atoms with Crippen LogP contribution in [0.2, 0.25) is 5.02 Å². The molecule has 3 N–H and O–H groups in total. The van der Waals surface area contributed by atoms with E-state index in [-0.39, 0.29) is 37.6 Å². The molecule has 1 saturated heterocycles. The van der Waals surface area contributed by atoms with Crippen LogP contribution in [0.5, 0.6) is 0 Å². The van der Waals surface area contributed by atoms with Gasteiger partial charge in [-0.05, 0) is 30.0 Å². The first-order valence-corrected chi connectivity index (χ1v) is 13.8. The van der Waals surface area contributed by atoms with E-state index >= 15 is 0 Å². The fourth-order valence-electron chi connectivity index (χ4n) is 4.92. The lowest BCUT2D eigenvalue weighted by Gasteiger charge is -2.25. The quantitative estimate of drug-likeness (QED) is 0.373. The third-order valence-corrected chi connectivity index (χ3v) is 7.34. The van der Waals surface area contributed by atoms with Gasteiger partial charge in [0.1, 0.15) is 13.2 Å². The maximum atomic E-state index is 13.4. The number of carbonyl (C=O) groups is 3. The fraction of sp³-hybridized carbons (Fsp3) is 0.345. The first-order chi connectivity index (χ1) is 19.9. The van der Waals surface area contributed by atoms with E-state index in [4.69, 9.17) is 26.8 Å². The molecule has 0 spiro atoms. The van der Waals surface area contributed by atoms with Crippen molar-refractivity contribution in [2.45, 2.75) is 32.0 Å². The van der Waals surface area contributed by atoms with Gasteiger partial charge in [-0.25, -0.2) is 14.8 Å². The van der Waals surface area contributed by atoms with Crippen molar-refractivity contribution in [2.75, 3.05) is 38.2 Å². The Bertz CT molecular complexity index is 1420. The third-order valence-electron chi connectivity index (χ3n) is 7.06. The summed E-state index contributed by atoms with van der Waals surface area (Å²) in [4.78, 5) is 49.8. The Morgan fingerprint density at radius 1 is 1.17 bits per heavy atom. The SMILES string of the molecule is NC(=O)OCCN(Cc1ccccc1)C(=O)CN1Cc2ccc(-c3nc(NC4CCOCC4)ncc3Cl)cc2C1=O. The summed E-state index contributed by atoms with van der Waals surface area (Å²) in [5.41, 5.74) is 8.49. The van der Waals surface area contributed by atoms with Crippen molar-refractivity contribution in [1.29, 1.82) is 0 Å². The van der Waals surface area contributed by atoms with Gasteiger partial charge in [0.15, 0.2) is 0 Å². The normalized spacial score (nSPS) is 15.0. The zero-order chi connectivity index (χ0) is 28.8. The number of carbonyl (C=O) groups excluding carboxylic acids is 3. The van der Waals surface area contributed by atoms with Gasteiger partial charge in [0, 0.05) is 43.5 Å². The lowest BCUT2D eigenvalue weighted by atomic mass is 10.0. The summed E-state index contributed by atoms with van der Waals surface area (Å²) in [5.74, 6) is -0.0610. The van der Waals surface area contributed by atoms with Crippen molar-refractivity contribution >= 4 is 35.5 Å². The molecule has 0 saturated carbocycles. The Hall–Kier alpha value is -4.22. The van der Waals surface area contributed by atoms with Crippen LogP contribution in [0, 0.1) is 0 Å². The van der Waals surface area contributed by atoms with Gasteiger partial charge in [-0.15, -0.1) is 0 Å². The number of benzene rings is 2. The van der Waals surface area contributed by atoms with E-state index in [0.29, 0.717) is 54.1 Å². The number of rotatable bonds is 10. The molecule has 41 heavy (non-hydrogen) atoms. The van der Waals surface area contributed by atoms with Crippen LogP contribution < -0.4 is 11.1 Å². The molecule has 2 aliphatic heterocycles. The summed E-state index contributed by atoms with van der Waals surface area (Å²) in [6.45, 7) is 1.95. The number of hydrogen-bond acceptors (Lipinski definition) is 8. The molecule has 214 valence electrons. The van der Waals surface area contributed by atoms with E-state index in [9.17, 15) is 14.4 Å². The zero-order valence-corrected chi connectivity index (χ0v) is 23.2. The van der Waals surface area contributed by atoms with Gasteiger partial charge >= 0.3 is 6.09 Å². The number of halogens is 1. The number of nitrogens with two attached hydrogens (primary N) is 1. The minimum Gasteiger partial charge on any atom is -0.448 e. The molecule has 3 heterocycles. The topological polar surface area (TPSA) is 140 Å². The number of nitrogens with zero attached hydrogens (tertiary/aromatic N) is 4. The molecule has 5 rings (SSSR count). The van der Waals surface area contributed by atoms with E-state index in [2.05, 4.69) is 15.3 Å². The second-order valence-corrected chi connectivity index (χ2v) is 10.3. The predicted molar refractivity (Wildman–Crippen MR) is 152 cm³/mol. The van der Waals surface area contributed by atoms with Gasteiger partial charge in [0.25, 0.3) is 5.91 Å². The second kappa shape index (κ2) is 13.0. The van der Waals surface area contributed by atoms with Crippen LogP contribution >= 0.6 is 11.6 Å². The molecule has 1 aromatic heterocycles. The highest BCUT2D eigenvalue weighted by Crippen LogP contribution is 2.32. The van der Waals surface area contributed by atoms with E-state index in [1.807, 2.05) is 42.5 Å². The Morgan fingerprint density at radius 2 is 1.95 bits per heavy atom. The molecule has 2 aromatic carbocycles. The van der Waals surface area contributed by atoms with E-state index in [0.717, 1.165) is 24.0 Å². The van der Waals surface area contributed by atoms with E-state index in [1.165, 1.54) is 4.90 Å². The molecule has 0 bridgehead atoms. The Balaban J connectivity index is 1.29. The zero-order valence-electron chi connectivity index (χ0n) is 22.4. The monoisotopic (exact) mass is 578 g/mol. The van der Waals surface area contributed by atoms with Crippen LogP contribution in [0.4, 0.5) is 10.7 Å². The summed E-state index contributed by atoms with van der Waals surface area (Å²) in [5, 5.41) is 3.71. The summed E-state index contributed by atoms with van der Waals surface area (Å²) < 4.78 is 10.3. The number of anilines is 1. The van der Waals surface area contributed by atoms with Gasteiger partial charge in [-0.1, -0.05) is 54.1 Å². The van der Waals surface area contributed by atoms with Crippen molar-refractivity contribution in [2.24, 2.45) is 5.73 Å². The first-order valence-electron chi connectivity index (χ1n) is 13.4. The Labute approximate surface area is 242 Å². The smallest absolute Gasteiger partial charge is 0.404 e. The molecule has 12 heteroatoms. The number of aromatic nitrogens is 2. The second-order valence-electron chi connectivity index (χ2n) is 9.92. The van der Waals surface area contributed by atoms with Crippen molar-refractivity contribution in [3.63, 3.8) is 0 Å². The third kappa shape index (κ3) is 7.11. The predicted octanol–water partition coefficient (Wildman–Crippen LogP) is 3.47. The van der Waals surface area contributed by atoms with Crippen molar-refractivity contribution in [1.82, 2.24) is 19.8 Å². The molecule has 0 atom stereocenters. The van der Waals surface area contributed by atoms with Crippen molar-refractivity contribution in [3.8, 4) is 11.3 Å². The summed E-state index contributed by atoms with van der Waals surface area (Å²) in [6, 6.07) is 15.1. The molecule has 0 unspecified atom stereocenters. The van der Waals surface area contributed by atoms with Crippen molar-refractivity contribution in [3.05, 3.63) is 76.4 Å². The highest BCUT2D eigenvalue weighted by Gasteiger charge is 2.31. The number of fused-ring (bicyclic) bond motifs is 1. The molecule has 3 amide bonds. The van der Waals surface area contributed by atoms with Crippen LogP contribution in [-0.4, -0.2) is 76.6 Å². The molecular formula is C29H31ClN6O5. The average Bonchev–Trinajstić information content (AvgIpc) is 3.28. The molecule has 1 fully saturated rings. The minimum atomic E-state index is -0.909. The van der Waals surface area contributed by atoms with E-state index < -0.39 is 6.09 Å². The average molecular weight is 579 g/mol. The molecule has 11 nitrogen and oxygen atoms in total. The highest BCUT2D eigenvalue weighted by atomic mass is 35.5. The van der Waals surface area contributed by atoms with Gasteiger partial charge < -0.3 is 30.3 Å². The van der Waals surface area contributed by atoms with E-state index in [1.54, 1.807) is 17.2 Å². The number of ether oxygens (including phenoxy) is 2. The Morgan fingerprint density at radius 3 is 2.71 bits per heavy atom. The molecule has 0 aliphatic carbocycles. The summed E-state index contributed by atoms with van der Waals surface area (Å²) >= 11 is 6.46. The van der Waals surface area contributed by atoms with Crippen LogP contribution in [0.1, 0.15) is 34.3 Å². The lowest BCUT2D eigenvalue weighted by Crippen LogP contribution is -2.42. The molecule has 2 aliphatic rings. The number of amides is 3. The lowest BCUT2D eigenvalue weighted by molar-refractivity contribution is -0.133. The van der Waals surface area contributed by atoms with Gasteiger partial charge in [0.05, 0.1) is 23.5 Å². The summed E-state index contributed by atoms with van der Waals surface area (Å²) in [6.07, 6.45) is 2.37. The molecule has 0 radical (unpaired) electrons. The standard InChI is InChI=1S/C29H31ClN6O5/c30-24-15-32-29(33-22-8-11-40-12-9-22)34-26(24)20-6-7-21-17-36(27(38)23(21)14-20)18-25(37)35(10-13-41-28(31)39)16-19-4-2-1-3-5-19/h1-7,14-15,22H,8-13,16-18H2,(H2,31,39)(H,32,33,34). The number of primary amides is 1. The Kier molecular flexibility index (Phi) is 8.95. The van der Waals surface area contributed by atoms with Gasteiger partial charge in [-0.2, -0.15) is 0 Å². The van der Waals surface area contributed by atoms with Gasteiger partial charge in [-0.3, -0.25) is 9.59 Å². The number of hydrogen-bond donors (Lipinski definition) is 2. The van der Waals surface area contributed by atoms with Crippen LogP contribution in [-0.2, 0) is 27.4 Å². The van der Waals surface area contributed by atoms with Gasteiger partial charge in [0.2, 0.25) is 11.9 Å². The van der Waals surface area contributed by atoms with Crippen molar-refractivity contribution < 1.29 is 23.9 Å². The maximum absolute atomic E-state index is 13.4. The maximum Gasteiger partial charge on any atom is 0.404 e. The largest absolute Gasteiger partial charge is 0.448 e. The van der Waals surface area contributed by atoms with Crippen LogP contribution in [0.3, 0.4) is 0 Å². The van der Waals surface area contributed by atoms with Crippen LogP contribution in [0.15, 0.2) is 54.7 Å². The minimum absolute atomic E-state index is 0.0451. The van der Waals surface area contributed by atoms with Crippen LogP contribution in [0.25, 0.3) is 11.3 Å². The highest BCUT2D eigenvalue weighted by molar-refractivity contribution is 6.33. The fourth-order valence-corrected chi connectivity index (χ4v) is 5.12.